The van der Waals surface area contributed by atoms with E-state index in [-0.39, 0.29) is 18.5 Å². The van der Waals surface area contributed by atoms with E-state index in [9.17, 15) is 23.4 Å². The van der Waals surface area contributed by atoms with Gasteiger partial charge < -0.3 is 10.2 Å². The normalized spacial score (nSPS) is 25.7. The fraction of sp³-hybridized carbons (Fsp3) is 0.375. The van der Waals surface area contributed by atoms with Gasteiger partial charge in [-0.15, -0.1) is 0 Å². The summed E-state index contributed by atoms with van der Waals surface area (Å²) in [6.07, 6.45) is -3.45. The van der Waals surface area contributed by atoms with Gasteiger partial charge in [0, 0.05) is 17.8 Å². The molecule has 2 aromatic heterocycles. The summed E-state index contributed by atoms with van der Waals surface area (Å²) in [6.45, 7) is 0. The van der Waals surface area contributed by atoms with Gasteiger partial charge in [0.2, 0.25) is 0 Å². The van der Waals surface area contributed by atoms with Crippen LogP contribution in [0.15, 0.2) is 42.7 Å². The number of alkyl halides is 3. The average molecular weight is 324 g/mol. The van der Waals surface area contributed by atoms with Gasteiger partial charge in [0.05, 0.1) is 23.1 Å². The van der Waals surface area contributed by atoms with E-state index in [1.807, 2.05) is 0 Å². The summed E-state index contributed by atoms with van der Waals surface area (Å²) >= 11 is 0. The minimum absolute atomic E-state index is 0.121. The van der Waals surface area contributed by atoms with Gasteiger partial charge in [0.15, 0.2) is 0 Å². The molecule has 23 heavy (non-hydrogen) atoms. The second-order valence-electron chi connectivity index (χ2n) is 5.80. The second-order valence-corrected chi connectivity index (χ2v) is 5.80. The minimum atomic E-state index is -4.49. The second kappa shape index (κ2) is 5.58. The topological polar surface area (TPSA) is 66.2 Å². The highest BCUT2D eigenvalue weighted by atomic mass is 19.4. The number of hydrogen-bond donors (Lipinski definition) is 2. The van der Waals surface area contributed by atoms with Crippen molar-refractivity contribution in [2.24, 2.45) is 0 Å². The zero-order valence-corrected chi connectivity index (χ0v) is 12.0. The van der Waals surface area contributed by atoms with E-state index in [1.165, 1.54) is 6.20 Å². The molecule has 2 heterocycles. The smallest absolute Gasteiger partial charge is 0.393 e. The summed E-state index contributed by atoms with van der Waals surface area (Å²) in [7, 11) is 0. The van der Waals surface area contributed by atoms with Crippen molar-refractivity contribution in [1.29, 1.82) is 0 Å². The van der Waals surface area contributed by atoms with Gasteiger partial charge in [-0.05, 0) is 37.1 Å². The van der Waals surface area contributed by atoms with E-state index in [0.717, 1.165) is 18.3 Å². The molecular weight excluding hydrogens is 309 g/mol. The van der Waals surface area contributed by atoms with Crippen molar-refractivity contribution >= 4 is 0 Å². The molecule has 1 saturated carbocycles. The van der Waals surface area contributed by atoms with Gasteiger partial charge in [0.1, 0.15) is 6.10 Å². The number of rotatable bonds is 3. The highest BCUT2D eigenvalue weighted by molar-refractivity contribution is 5.32. The SMILES string of the molecule is OC1CC(c2cc(C(F)(F)F)ccn2)(C(O)c2ccccn2)C1. The molecule has 2 N–H and O–H groups in total. The van der Waals surface area contributed by atoms with E-state index in [4.69, 9.17) is 0 Å². The van der Waals surface area contributed by atoms with Crippen molar-refractivity contribution < 1.29 is 23.4 Å². The first-order chi connectivity index (χ1) is 10.8. The van der Waals surface area contributed by atoms with Crippen molar-refractivity contribution in [2.75, 3.05) is 0 Å². The van der Waals surface area contributed by atoms with Crippen LogP contribution in [0.25, 0.3) is 0 Å². The Morgan fingerprint density at radius 3 is 2.43 bits per heavy atom. The molecule has 3 rings (SSSR count). The molecule has 0 saturated heterocycles. The van der Waals surface area contributed by atoms with E-state index >= 15 is 0 Å². The van der Waals surface area contributed by atoms with Crippen molar-refractivity contribution in [2.45, 2.75) is 36.6 Å². The summed E-state index contributed by atoms with van der Waals surface area (Å²) in [6, 6.07) is 6.80. The zero-order chi connectivity index (χ0) is 16.7. The Balaban J connectivity index is 2.02. The van der Waals surface area contributed by atoms with Gasteiger partial charge in [-0.25, -0.2) is 0 Å². The number of nitrogens with zero attached hydrogens (tertiary/aromatic N) is 2. The molecule has 0 aromatic carbocycles. The van der Waals surface area contributed by atoms with Crippen LogP contribution in [0.4, 0.5) is 13.2 Å². The number of halogens is 3. The van der Waals surface area contributed by atoms with Crippen LogP contribution in [-0.4, -0.2) is 26.3 Å². The van der Waals surface area contributed by atoms with E-state index < -0.39 is 29.4 Å². The van der Waals surface area contributed by atoms with Crippen LogP contribution in [0, 0.1) is 0 Å². The van der Waals surface area contributed by atoms with Crippen LogP contribution < -0.4 is 0 Å². The number of aromatic nitrogens is 2. The largest absolute Gasteiger partial charge is 0.416 e. The number of aliphatic hydroxyl groups excluding tert-OH is 2. The van der Waals surface area contributed by atoms with Gasteiger partial charge in [-0.2, -0.15) is 13.2 Å². The summed E-state index contributed by atoms with van der Waals surface area (Å²) in [5, 5.41) is 20.3. The molecule has 1 unspecified atom stereocenters. The molecule has 7 heteroatoms. The Morgan fingerprint density at radius 2 is 1.87 bits per heavy atom. The van der Waals surface area contributed by atoms with Crippen LogP contribution in [0.5, 0.6) is 0 Å². The first-order valence-corrected chi connectivity index (χ1v) is 7.14. The van der Waals surface area contributed by atoms with E-state index in [1.54, 1.807) is 18.2 Å². The van der Waals surface area contributed by atoms with Crippen molar-refractivity contribution in [1.82, 2.24) is 9.97 Å². The minimum Gasteiger partial charge on any atom is -0.393 e. The molecule has 122 valence electrons. The Hall–Kier alpha value is -1.99. The average Bonchev–Trinajstić information content (AvgIpc) is 2.51. The van der Waals surface area contributed by atoms with Crippen molar-refractivity contribution in [3.8, 4) is 0 Å². The van der Waals surface area contributed by atoms with Crippen LogP contribution in [0.3, 0.4) is 0 Å². The highest BCUT2D eigenvalue weighted by Crippen LogP contribution is 2.51. The fourth-order valence-electron chi connectivity index (χ4n) is 3.05. The molecule has 0 radical (unpaired) electrons. The first-order valence-electron chi connectivity index (χ1n) is 7.14. The van der Waals surface area contributed by atoms with Gasteiger partial charge in [-0.1, -0.05) is 6.07 Å². The Kier molecular flexibility index (Phi) is 3.85. The molecule has 0 aliphatic heterocycles. The monoisotopic (exact) mass is 324 g/mol. The predicted octanol–water partition coefficient (Wildman–Crippen LogP) is 2.62. The summed E-state index contributed by atoms with van der Waals surface area (Å²) in [4.78, 5) is 8.10. The molecule has 0 amide bonds. The first kappa shape index (κ1) is 15.9. The third kappa shape index (κ3) is 2.82. The molecule has 1 aliphatic carbocycles. The maximum absolute atomic E-state index is 12.9. The molecule has 2 aromatic rings. The van der Waals surface area contributed by atoms with Crippen molar-refractivity contribution in [3.63, 3.8) is 0 Å². The van der Waals surface area contributed by atoms with Crippen molar-refractivity contribution in [3.05, 3.63) is 59.7 Å². The lowest BCUT2D eigenvalue weighted by molar-refractivity contribution is -0.138. The molecule has 1 atom stereocenters. The Morgan fingerprint density at radius 1 is 1.13 bits per heavy atom. The third-order valence-electron chi connectivity index (χ3n) is 4.29. The van der Waals surface area contributed by atoms with Crippen LogP contribution >= 0.6 is 0 Å². The van der Waals surface area contributed by atoms with Crippen LogP contribution in [0.2, 0.25) is 0 Å². The fourth-order valence-corrected chi connectivity index (χ4v) is 3.05. The Labute approximate surface area is 130 Å². The van der Waals surface area contributed by atoms with Gasteiger partial charge in [-0.3, -0.25) is 9.97 Å². The summed E-state index contributed by atoms with van der Waals surface area (Å²) < 4.78 is 38.8. The highest BCUT2D eigenvalue weighted by Gasteiger charge is 2.52. The molecule has 0 bridgehead atoms. The van der Waals surface area contributed by atoms with Gasteiger partial charge >= 0.3 is 6.18 Å². The summed E-state index contributed by atoms with van der Waals surface area (Å²) in [5.41, 5.74) is -1.42. The molecule has 0 spiro atoms. The summed E-state index contributed by atoms with van der Waals surface area (Å²) in [5.74, 6) is 0. The number of hydrogen-bond acceptors (Lipinski definition) is 4. The predicted molar refractivity (Wildman–Crippen MR) is 75.4 cm³/mol. The lowest BCUT2D eigenvalue weighted by Gasteiger charge is -2.47. The molecule has 4 nitrogen and oxygen atoms in total. The number of pyridine rings is 2. The van der Waals surface area contributed by atoms with E-state index in [2.05, 4.69) is 9.97 Å². The lowest BCUT2D eigenvalue weighted by Crippen LogP contribution is -2.49. The standard InChI is InChI=1S/C16H15F3N2O2/c17-16(18,19)10-4-6-21-13(7-10)15(8-11(22)9-15)14(23)12-3-1-2-5-20-12/h1-7,11,14,22-23H,8-9H2. The van der Waals surface area contributed by atoms with Gasteiger partial charge in [0.25, 0.3) is 0 Å². The van der Waals surface area contributed by atoms with E-state index in [0.29, 0.717) is 5.69 Å². The molecular formula is C16H15F3N2O2. The quantitative estimate of drug-likeness (QED) is 0.911. The molecule has 1 aliphatic rings. The zero-order valence-electron chi connectivity index (χ0n) is 12.0. The lowest BCUT2D eigenvalue weighted by atomic mass is 9.60. The van der Waals surface area contributed by atoms with Crippen LogP contribution in [-0.2, 0) is 11.6 Å². The maximum atomic E-state index is 12.9. The van der Waals surface area contributed by atoms with Crippen LogP contribution in [0.1, 0.15) is 35.9 Å². The third-order valence-corrected chi connectivity index (χ3v) is 4.29. The maximum Gasteiger partial charge on any atom is 0.416 e. The number of aliphatic hydroxyl groups is 2. The molecule has 1 fully saturated rings. The Bertz CT molecular complexity index is 685.